The normalized spacial score (nSPS) is 10.9. The van der Waals surface area contributed by atoms with E-state index in [0.717, 1.165) is 17.2 Å². The van der Waals surface area contributed by atoms with E-state index >= 15 is 0 Å². The predicted molar refractivity (Wildman–Crippen MR) is 122 cm³/mol. The summed E-state index contributed by atoms with van der Waals surface area (Å²) >= 11 is 0. The van der Waals surface area contributed by atoms with Gasteiger partial charge in [-0.2, -0.15) is 0 Å². The van der Waals surface area contributed by atoms with Crippen LogP contribution in [-0.2, 0) is 19.6 Å². The Morgan fingerprint density at radius 1 is 1.12 bits per heavy atom. The number of ether oxygens (including phenoxy) is 2. The Hall–Kier alpha value is -3.33. The zero-order valence-corrected chi connectivity index (χ0v) is 19.5. The summed E-state index contributed by atoms with van der Waals surface area (Å²) in [7, 11) is -2.72. The van der Waals surface area contributed by atoms with Gasteiger partial charge in [-0.25, -0.2) is 13.2 Å². The highest BCUT2D eigenvalue weighted by atomic mass is 32.2. The minimum absolute atomic E-state index is 0.0224. The van der Waals surface area contributed by atoms with E-state index in [9.17, 15) is 18.0 Å². The molecule has 0 unspecified atom stereocenters. The molecule has 0 aliphatic rings. The summed E-state index contributed by atoms with van der Waals surface area (Å²) in [6.07, 6.45) is 0. The number of esters is 1. The first kappa shape index (κ1) is 24.9. The molecule has 1 amide bonds. The molecular formula is C23H28N2O6S. The Kier molecular flexibility index (Phi) is 8.42. The fourth-order valence-corrected chi connectivity index (χ4v) is 4.10. The van der Waals surface area contributed by atoms with Gasteiger partial charge in [0.15, 0.2) is 6.61 Å². The fourth-order valence-electron chi connectivity index (χ4n) is 2.85. The zero-order valence-electron chi connectivity index (χ0n) is 18.7. The highest BCUT2D eigenvalue weighted by Crippen LogP contribution is 2.27. The van der Waals surface area contributed by atoms with Gasteiger partial charge >= 0.3 is 5.97 Å². The molecule has 8 nitrogen and oxygen atoms in total. The van der Waals surface area contributed by atoms with Crippen LogP contribution >= 0.6 is 0 Å². The molecule has 0 aliphatic carbocycles. The van der Waals surface area contributed by atoms with Gasteiger partial charge in [-0.15, -0.1) is 0 Å². The van der Waals surface area contributed by atoms with Gasteiger partial charge in [0, 0.05) is 18.8 Å². The molecule has 0 aromatic heterocycles. The summed E-state index contributed by atoms with van der Waals surface area (Å²) < 4.78 is 38.6. The van der Waals surface area contributed by atoms with Crippen molar-refractivity contribution in [3.05, 3.63) is 65.7 Å². The molecule has 2 aromatic carbocycles. The second kappa shape index (κ2) is 10.8. The summed E-state index contributed by atoms with van der Waals surface area (Å²) in [6.45, 7) is 9.61. The van der Waals surface area contributed by atoms with E-state index in [0.29, 0.717) is 18.8 Å². The van der Waals surface area contributed by atoms with Crippen LogP contribution in [0.2, 0.25) is 0 Å². The average Bonchev–Trinajstić information content (AvgIpc) is 2.76. The summed E-state index contributed by atoms with van der Waals surface area (Å²) in [5.74, 6) is -1.12. The summed E-state index contributed by atoms with van der Waals surface area (Å²) in [6, 6.07) is 10.7. The number of benzene rings is 2. The largest absolute Gasteiger partial charge is 0.495 e. The minimum atomic E-state index is -4.05. The van der Waals surface area contributed by atoms with E-state index in [-0.39, 0.29) is 22.1 Å². The fraction of sp³-hybridized carbons (Fsp3) is 0.304. The third kappa shape index (κ3) is 6.58. The van der Waals surface area contributed by atoms with Gasteiger partial charge < -0.3 is 14.4 Å². The van der Waals surface area contributed by atoms with E-state index < -0.39 is 22.6 Å². The number of aryl methyl sites for hydroxylation is 1. The van der Waals surface area contributed by atoms with Crippen LogP contribution in [0.15, 0.2) is 59.5 Å². The second-order valence-corrected chi connectivity index (χ2v) is 8.93. The smallest absolute Gasteiger partial charge is 0.338 e. The third-order valence-electron chi connectivity index (χ3n) is 4.51. The Bertz CT molecular complexity index is 1090. The van der Waals surface area contributed by atoms with Crippen molar-refractivity contribution in [1.29, 1.82) is 0 Å². The number of nitrogens with one attached hydrogen (secondary N) is 1. The number of amides is 1. The summed E-state index contributed by atoms with van der Waals surface area (Å²) in [5, 5.41) is 0. The van der Waals surface area contributed by atoms with Crippen LogP contribution in [0.1, 0.15) is 29.8 Å². The zero-order chi connectivity index (χ0) is 23.9. The van der Waals surface area contributed by atoms with Crippen LogP contribution in [-0.4, -0.2) is 52.0 Å². The molecule has 0 saturated heterocycles. The van der Waals surface area contributed by atoms with Gasteiger partial charge in [-0.3, -0.25) is 9.52 Å². The van der Waals surface area contributed by atoms with Crippen molar-refractivity contribution in [3.63, 3.8) is 0 Å². The molecule has 0 radical (unpaired) electrons. The lowest BCUT2D eigenvalue weighted by molar-refractivity contribution is -0.133. The quantitative estimate of drug-likeness (QED) is 0.431. The van der Waals surface area contributed by atoms with Crippen molar-refractivity contribution in [2.24, 2.45) is 0 Å². The van der Waals surface area contributed by atoms with Crippen molar-refractivity contribution in [3.8, 4) is 5.75 Å². The first-order chi connectivity index (χ1) is 15.1. The number of methoxy groups -OCH3 is 1. The van der Waals surface area contributed by atoms with Crippen LogP contribution in [0.3, 0.4) is 0 Å². The molecule has 0 bridgehead atoms. The molecule has 32 heavy (non-hydrogen) atoms. The number of nitrogens with zero attached hydrogens (tertiary/aromatic N) is 1. The topological polar surface area (TPSA) is 102 Å². The van der Waals surface area contributed by atoms with Gasteiger partial charge in [0.25, 0.3) is 15.9 Å². The standard InChI is InChI=1S/C23H28N2O6S/c1-6-25(14-16(2)3)22(26)15-31-23(27)18-9-12-20(30-5)21(13-18)32(28,29)24-19-10-7-17(4)8-11-19/h7-13,24H,2,6,14-15H2,1,3-5H3. The number of anilines is 1. The number of carbonyl (C=O) groups is 2. The van der Waals surface area contributed by atoms with Gasteiger partial charge in [0.05, 0.1) is 12.7 Å². The van der Waals surface area contributed by atoms with Crippen LogP contribution in [0.5, 0.6) is 5.75 Å². The van der Waals surface area contributed by atoms with Crippen molar-refractivity contribution in [2.75, 3.05) is 31.5 Å². The molecular weight excluding hydrogens is 432 g/mol. The SMILES string of the molecule is C=C(C)CN(CC)C(=O)COC(=O)c1ccc(OC)c(S(=O)(=O)Nc2ccc(C)cc2)c1. The Balaban J connectivity index is 2.21. The van der Waals surface area contributed by atoms with Crippen molar-refractivity contribution < 1.29 is 27.5 Å². The van der Waals surface area contributed by atoms with E-state index in [1.165, 1.54) is 24.1 Å². The van der Waals surface area contributed by atoms with Crippen molar-refractivity contribution in [1.82, 2.24) is 4.90 Å². The maximum Gasteiger partial charge on any atom is 0.338 e. The predicted octanol–water partition coefficient (Wildman–Crippen LogP) is 3.39. The number of hydrogen-bond donors (Lipinski definition) is 1. The minimum Gasteiger partial charge on any atom is -0.495 e. The van der Waals surface area contributed by atoms with Gasteiger partial charge in [-0.1, -0.05) is 29.8 Å². The molecule has 0 heterocycles. The molecule has 0 atom stereocenters. The van der Waals surface area contributed by atoms with Crippen LogP contribution < -0.4 is 9.46 Å². The molecule has 2 rings (SSSR count). The second-order valence-electron chi connectivity index (χ2n) is 7.28. The summed E-state index contributed by atoms with van der Waals surface area (Å²) in [5.41, 5.74) is 2.13. The molecule has 0 saturated carbocycles. The molecule has 172 valence electrons. The van der Waals surface area contributed by atoms with Crippen LogP contribution in [0, 0.1) is 6.92 Å². The molecule has 0 spiro atoms. The number of rotatable bonds is 10. The van der Waals surface area contributed by atoms with E-state index in [1.807, 2.05) is 13.8 Å². The number of hydrogen-bond acceptors (Lipinski definition) is 6. The maximum absolute atomic E-state index is 12.9. The van der Waals surface area contributed by atoms with Crippen LogP contribution in [0.4, 0.5) is 5.69 Å². The molecule has 9 heteroatoms. The van der Waals surface area contributed by atoms with Crippen LogP contribution in [0.25, 0.3) is 0 Å². The summed E-state index contributed by atoms with van der Waals surface area (Å²) in [4.78, 5) is 26.1. The van der Waals surface area contributed by atoms with Crippen molar-refractivity contribution >= 4 is 27.6 Å². The average molecular weight is 461 g/mol. The Labute approximate surface area is 188 Å². The highest BCUT2D eigenvalue weighted by molar-refractivity contribution is 7.92. The third-order valence-corrected chi connectivity index (χ3v) is 5.92. The Morgan fingerprint density at radius 2 is 1.78 bits per heavy atom. The molecule has 0 aliphatic heterocycles. The number of sulfonamides is 1. The molecule has 0 fully saturated rings. The Morgan fingerprint density at radius 3 is 2.34 bits per heavy atom. The van der Waals surface area contributed by atoms with E-state index in [2.05, 4.69) is 11.3 Å². The molecule has 1 N–H and O–H groups in total. The maximum atomic E-state index is 12.9. The van der Waals surface area contributed by atoms with Gasteiger partial charge in [0.1, 0.15) is 10.6 Å². The van der Waals surface area contributed by atoms with E-state index in [4.69, 9.17) is 9.47 Å². The van der Waals surface area contributed by atoms with Crippen molar-refractivity contribution in [2.45, 2.75) is 25.7 Å². The first-order valence-corrected chi connectivity index (χ1v) is 11.4. The lowest BCUT2D eigenvalue weighted by atomic mass is 10.2. The number of likely N-dealkylation sites (N-methyl/N-ethyl adjacent to an activating group) is 1. The lowest BCUT2D eigenvalue weighted by Crippen LogP contribution is -2.35. The highest BCUT2D eigenvalue weighted by Gasteiger charge is 2.23. The van der Waals surface area contributed by atoms with E-state index in [1.54, 1.807) is 31.2 Å². The van der Waals surface area contributed by atoms with Gasteiger partial charge in [-0.05, 0) is 51.1 Å². The lowest BCUT2D eigenvalue weighted by Gasteiger charge is -2.20. The first-order valence-electron chi connectivity index (χ1n) is 9.94. The number of carbonyl (C=O) groups excluding carboxylic acids is 2. The monoisotopic (exact) mass is 460 g/mol. The molecule has 2 aromatic rings. The van der Waals surface area contributed by atoms with Gasteiger partial charge in [0.2, 0.25) is 0 Å².